The first-order valence-electron chi connectivity index (χ1n) is 9.17. The van der Waals surface area contributed by atoms with Gasteiger partial charge in [-0.2, -0.15) is 0 Å². The Hall–Kier alpha value is -2.34. The number of para-hydroxylation sites is 1. The fourth-order valence-electron chi connectivity index (χ4n) is 4.27. The summed E-state index contributed by atoms with van der Waals surface area (Å²) < 4.78 is 1.91. The lowest BCUT2D eigenvalue weighted by Gasteiger charge is -2.43. The number of hydrogen-bond acceptors (Lipinski definition) is 3. The number of likely N-dealkylation sites (tertiary alicyclic amines) is 1. The third-order valence-corrected chi connectivity index (χ3v) is 5.97. The summed E-state index contributed by atoms with van der Waals surface area (Å²) in [5, 5.41) is 21.2. The Bertz CT molecular complexity index is 870. The Morgan fingerprint density at radius 1 is 1.23 bits per heavy atom. The maximum atomic E-state index is 13.2. The van der Waals surface area contributed by atoms with Crippen molar-refractivity contribution in [1.29, 1.82) is 0 Å². The van der Waals surface area contributed by atoms with Crippen LogP contribution >= 0.6 is 0 Å². The van der Waals surface area contributed by atoms with Gasteiger partial charge in [-0.15, -0.1) is 0 Å². The zero-order valence-corrected chi connectivity index (χ0v) is 14.9. The average molecular weight is 356 g/mol. The van der Waals surface area contributed by atoms with Gasteiger partial charge in [0.2, 0.25) is 0 Å². The van der Waals surface area contributed by atoms with Crippen LogP contribution in [0.4, 0.5) is 0 Å². The van der Waals surface area contributed by atoms with Gasteiger partial charge in [-0.05, 0) is 24.8 Å². The fourth-order valence-corrected chi connectivity index (χ4v) is 4.27. The van der Waals surface area contributed by atoms with E-state index < -0.39 is 17.5 Å². The maximum absolute atomic E-state index is 13.2. The fraction of sp³-hybridized carbons (Fsp3) is 0.500. The number of rotatable bonds is 4. The number of aliphatic carboxylic acids is 1. The molecule has 0 unspecified atom stereocenters. The molecule has 1 saturated heterocycles. The second-order valence-electron chi connectivity index (χ2n) is 7.81. The van der Waals surface area contributed by atoms with Crippen molar-refractivity contribution in [2.45, 2.75) is 31.8 Å². The summed E-state index contributed by atoms with van der Waals surface area (Å²) in [6.45, 7) is 0.449. The third kappa shape index (κ3) is 2.69. The normalized spacial score (nSPS) is 26.2. The summed E-state index contributed by atoms with van der Waals surface area (Å²) in [4.78, 5) is 26.9. The van der Waals surface area contributed by atoms with Crippen LogP contribution in [0.15, 0.2) is 30.5 Å². The van der Waals surface area contributed by atoms with E-state index >= 15 is 0 Å². The number of piperidine rings is 1. The highest BCUT2D eigenvalue weighted by atomic mass is 16.4. The molecular weight excluding hydrogens is 332 g/mol. The number of aliphatic hydroxyl groups is 1. The first kappa shape index (κ1) is 17.1. The predicted octanol–water partition coefficient (Wildman–Crippen LogP) is 2.26. The zero-order valence-electron chi connectivity index (χ0n) is 14.9. The lowest BCUT2D eigenvalue weighted by Crippen LogP contribution is -2.57. The van der Waals surface area contributed by atoms with Crippen LogP contribution in [-0.4, -0.2) is 50.8 Å². The Balaban J connectivity index is 1.66. The van der Waals surface area contributed by atoms with Crippen molar-refractivity contribution < 1.29 is 19.8 Å². The highest BCUT2D eigenvalue weighted by molar-refractivity contribution is 6.07. The topological polar surface area (TPSA) is 82.8 Å². The molecule has 6 heteroatoms. The van der Waals surface area contributed by atoms with Crippen molar-refractivity contribution >= 4 is 22.8 Å². The van der Waals surface area contributed by atoms with Gasteiger partial charge < -0.3 is 19.7 Å². The number of aliphatic hydroxyl groups excluding tert-OH is 1. The van der Waals surface area contributed by atoms with Gasteiger partial charge in [0.25, 0.3) is 5.91 Å². The van der Waals surface area contributed by atoms with E-state index in [9.17, 15) is 19.8 Å². The number of carboxylic acids is 1. The summed E-state index contributed by atoms with van der Waals surface area (Å²) >= 11 is 0. The molecule has 1 saturated carbocycles. The second kappa shape index (κ2) is 6.13. The Labute approximate surface area is 152 Å². The molecule has 0 radical (unpaired) electrons. The number of nitrogens with zero attached hydrogens (tertiary/aromatic N) is 2. The van der Waals surface area contributed by atoms with Gasteiger partial charge in [-0.3, -0.25) is 9.59 Å². The number of benzene rings is 1. The van der Waals surface area contributed by atoms with E-state index in [0.717, 1.165) is 23.7 Å². The van der Waals surface area contributed by atoms with Gasteiger partial charge in [0.15, 0.2) is 0 Å². The van der Waals surface area contributed by atoms with E-state index in [0.29, 0.717) is 30.9 Å². The van der Waals surface area contributed by atoms with Gasteiger partial charge in [0, 0.05) is 37.2 Å². The van der Waals surface area contributed by atoms with Gasteiger partial charge in [-0.25, -0.2) is 0 Å². The van der Waals surface area contributed by atoms with Crippen LogP contribution in [-0.2, 0) is 11.8 Å². The largest absolute Gasteiger partial charge is 0.481 e. The Morgan fingerprint density at radius 2 is 1.96 bits per heavy atom. The number of carbonyl (C=O) groups is 2. The Kier molecular flexibility index (Phi) is 4.03. The standard InChI is InChI=1S/C20H24N2O4/c1-21-11-15(14-4-2-3-5-16(14)21)18(24)22-9-8-17(23)20(12-22,19(25)26)10-13-6-7-13/h2-5,11,13,17,23H,6-10,12H2,1H3,(H,25,26)/t17-,20-/m1/s1. The molecule has 1 aromatic carbocycles. The molecular formula is C20H24N2O4. The van der Waals surface area contributed by atoms with Crippen LogP contribution in [0.5, 0.6) is 0 Å². The summed E-state index contributed by atoms with van der Waals surface area (Å²) in [6, 6.07) is 7.70. The van der Waals surface area contributed by atoms with Crippen LogP contribution in [0.1, 0.15) is 36.0 Å². The number of amides is 1. The molecule has 2 aromatic rings. The van der Waals surface area contributed by atoms with Gasteiger partial charge in [0.05, 0.1) is 11.7 Å². The molecule has 2 N–H and O–H groups in total. The molecule has 2 atom stereocenters. The molecule has 26 heavy (non-hydrogen) atoms. The van der Waals surface area contributed by atoms with Crippen molar-refractivity contribution in [2.24, 2.45) is 18.4 Å². The van der Waals surface area contributed by atoms with Crippen molar-refractivity contribution in [2.75, 3.05) is 13.1 Å². The van der Waals surface area contributed by atoms with E-state index in [1.165, 1.54) is 0 Å². The minimum atomic E-state index is -1.25. The molecule has 1 aromatic heterocycles. The smallest absolute Gasteiger partial charge is 0.314 e. The van der Waals surface area contributed by atoms with E-state index in [1.807, 2.05) is 35.9 Å². The van der Waals surface area contributed by atoms with Crippen molar-refractivity contribution in [3.63, 3.8) is 0 Å². The van der Waals surface area contributed by atoms with Gasteiger partial charge in [0.1, 0.15) is 5.41 Å². The molecule has 4 rings (SSSR count). The Morgan fingerprint density at radius 3 is 2.65 bits per heavy atom. The first-order chi connectivity index (χ1) is 12.4. The van der Waals surface area contributed by atoms with Crippen LogP contribution in [0.25, 0.3) is 10.9 Å². The molecule has 1 aliphatic heterocycles. The van der Waals surface area contributed by atoms with E-state index in [1.54, 1.807) is 11.1 Å². The number of aryl methyl sites for hydroxylation is 1. The first-order valence-corrected chi connectivity index (χ1v) is 9.17. The quantitative estimate of drug-likeness (QED) is 0.880. The van der Waals surface area contributed by atoms with Crippen molar-refractivity contribution in [3.8, 4) is 0 Å². The molecule has 2 fully saturated rings. The summed E-state index contributed by atoms with van der Waals surface area (Å²) in [6.07, 6.45) is 3.68. The van der Waals surface area contributed by atoms with Gasteiger partial charge in [-0.1, -0.05) is 31.0 Å². The van der Waals surface area contributed by atoms with E-state index in [2.05, 4.69) is 0 Å². The van der Waals surface area contributed by atoms with Crippen LogP contribution in [0.2, 0.25) is 0 Å². The monoisotopic (exact) mass is 356 g/mol. The molecule has 1 aliphatic carbocycles. The van der Waals surface area contributed by atoms with E-state index in [4.69, 9.17) is 0 Å². The molecule has 2 aliphatic rings. The minimum Gasteiger partial charge on any atom is -0.481 e. The molecule has 138 valence electrons. The molecule has 6 nitrogen and oxygen atoms in total. The van der Waals surface area contributed by atoms with Gasteiger partial charge >= 0.3 is 5.97 Å². The summed E-state index contributed by atoms with van der Waals surface area (Å²) in [5.41, 5.74) is 0.306. The average Bonchev–Trinajstić information content (AvgIpc) is 3.38. The van der Waals surface area contributed by atoms with Crippen LogP contribution in [0, 0.1) is 11.3 Å². The van der Waals surface area contributed by atoms with Crippen molar-refractivity contribution in [1.82, 2.24) is 9.47 Å². The zero-order chi connectivity index (χ0) is 18.5. The summed E-state index contributed by atoms with van der Waals surface area (Å²) in [5.74, 6) is -0.796. The molecule has 0 bridgehead atoms. The number of aromatic nitrogens is 1. The molecule has 1 amide bonds. The SMILES string of the molecule is Cn1cc(C(=O)N2CC[C@@H](O)[C@](CC3CC3)(C(=O)O)C2)c2ccccc21. The van der Waals surface area contributed by atoms with Crippen LogP contribution < -0.4 is 0 Å². The van der Waals surface area contributed by atoms with Crippen LogP contribution in [0.3, 0.4) is 0 Å². The highest BCUT2D eigenvalue weighted by Crippen LogP contribution is 2.45. The predicted molar refractivity (Wildman–Crippen MR) is 96.9 cm³/mol. The molecule has 0 spiro atoms. The number of carbonyl (C=O) groups excluding carboxylic acids is 1. The minimum absolute atomic E-state index is 0.0715. The summed E-state index contributed by atoms with van der Waals surface area (Å²) in [7, 11) is 1.90. The second-order valence-corrected chi connectivity index (χ2v) is 7.81. The lowest BCUT2D eigenvalue weighted by molar-refractivity contribution is -0.163. The number of fused-ring (bicyclic) bond motifs is 1. The lowest BCUT2D eigenvalue weighted by atomic mass is 9.73. The number of hydrogen-bond donors (Lipinski definition) is 2. The van der Waals surface area contributed by atoms with Crippen molar-refractivity contribution in [3.05, 3.63) is 36.0 Å². The number of carboxylic acid groups (broad SMARTS) is 1. The third-order valence-electron chi connectivity index (χ3n) is 5.97. The maximum Gasteiger partial charge on any atom is 0.314 e. The molecule has 2 heterocycles. The van der Waals surface area contributed by atoms with E-state index in [-0.39, 0.29) is 12.5 Å². The highest BCUT2D eigenvalue weighted by Gasteiger charge is 2.52.